The zero-order valence-electron chi connectivity index (χ0n) is 16.2. The van der Waals surface area contributed by atoms with Gasteiger partial charge in [-0.2, -0.15) is 15.1 Å². The van der Waals surface area contributed by atoms with Gasteiger partial charge in [-0.15, -0.1) is 0 Å². The van der Waals surface area contributed by atoms with E-state index in [9.17, 15) is 0 Å². The molecule has 1 aliphatic rings. The summed E-state index contributed by atoms with van der Waals surface area (Å²) < 4.78 is 11.2. The van der Waals surface area contributed by atoms with Gasteiger partial charge in [0.25, 0.3) is 0 Å². The molecule has 8 heteroatoms. The Morgan fingerprint density at radius 2 is 2.00 bits per heavy atom. The second kappa shape index (κ2) is 9.11. The van der Waals surface area contributed by atoms with Gasteiger partial charge in [-0.25, -0.2) is 4.98 Å². The van der Waals surface area contributed by atoms with E-state index in [2.05, 4.69) is 36.4 Å². The number of nitrogens with zero attached hydrogens (tertiary/aromatic N) is 5. The molecule has 8 nitrogen and oxygen atoms in total. The van der Waals surface area contributed by atoms with Gasteiger partial charge >= 0.3 is 6.01 Å². The van der Waals surface area contributed by atoms with E-state index in [1.165, 1.54) is 5.56 Å². The average Bonchev–Trinajstić information content (AvgIpc) is 2.75. The third-order valence-electron chi connectivity index (χ3n) is 4.30. The number of anilines is 2. The summed E-state index contributed by atoms with van der Waals surface area (Å²) in [5.41, 5.74) is 5.16. The van der Waals surface area contributed by atoms with E-state index in [-0.39, 0.29) is 6.01 Å². The highest BCUT2D eigenvalue weighted by Crippen LogP contribution is 2.23. The fourth-order valence-corrected chi connectivity index (χ4v) is 2.89. The highest BCUT2D eigenvalue weighted by Gasteiger charge is 2.16. The zero-order chi connectivity index (χ0) is 19.9. The van der Waals surface area contributed by atoms with E-state index in [0.29, 0.717) is 24.9 Å². The molecule has 2 aromatic heterocycles. The van der Waals surface area contributed by atoms with Crippen molar-refractivity contribution in [3.63, 3.8) is 0 Å². The number of benzene rings is 1. The predicted molar refractivity (Wildman–Crippen MR) is 112 cm³/mol. The van der Waals surface area contributed by atoms with Gasteiger partial charge < -0.3 is 14.4 Å². The van der Waals surface area contributed by atoms with Gasteiger partial charge in [-0.3, -0.25) is 5.43 Å². The van der Waals surface area contributed by atoms with E-state index < -0.39 is 0 Å². The number of rotatable bonds is 6. The maximum atomic E-state index is 5.75. The normalized spacial score (nSPS) is 14.2. The van der Waals surface area contributed by atoms with Crippen molar-refractivity contribution in [1.82, 2.24) is 15.0 Å². The van der Waals surface area contributed by atoms with Crippen LogP contribution in [0.5, 0.6) is 11.9 Å². The van der Waals surface area contributed by atoms with Crippen LogP contribution >= 0.6 is 0 Å². The van der Waals surface area contributed by atoms with Crippen LogP contribution < -0.4 is 15.1 Å². The molecule has 1 fully saturated rings. The van der Waals surface area contributed by atoms with Crippen LogP contribution in [0.4, 0.5) is 11.6 Å². The SMILES string of the molecule is Cc1cccc(C=NNc2cc(N3CCOCC3)nc(Oc3ccccn3)n2)c1. The number of hydrazone groups is 1. The van der Waals surface area contributed by atoms with E-state index in [0.717, 1.165) is 24.5 Å². The lowest BCUT2D eigenvalue weighted by molar-refractivity contribution is 0.122. The van der Waals surface area contributed by atoms with Crippen molar-refractivity contribution in [3.8, 4) is 11.9 Å². The van der Waals surface area contributed by atoms with E-state index in [4.69, 9.17) is 9.47 Å². The van der Waals surface area contributed by atoms with Crippen LogP contribution in [0.25, 0.3) is 0 Å². The van der Waals surface area contributed by atoms with Crippen LogP contribution in [0, 0.1) is 6.92 Å². The molecule has 1 aromatic carbocycles. The fourth-order valence-electron chi connectivity index (χ4n) is 2.89. The van der Waals surface area contributed by atoms with Crippen LogP contribution in [0.15, 0.2) is 59.8 Å². The van der Waals surface area contributed by atoms with Gasteiger partial charge in [0.1, 0.15) is 5.82 Å². The van der Waals surface area contributed by atoms with Crippen molar-refractivity contribution < 1.29 is 9.47 Å². The summed E-state index contributed by atoms with van der Waals surface area (Å²) in [6, 6.07) is 15.6. The van der Waals surface area contributed by atoms with Gasteiger partial charge in [-0.1, -0.05) is 35.9 Å². The van der Waals surface area contributed by atoms with Crippen LogP contribution in [0.2, 0.25) is 0 Å². The Labute approximate surface area is 169 Å². The van der Waals surface area contributed by atoms with Gasteiger partial charge in [0, 0.05) is 31.4 Å². The molecule has 0 atom stereocenters. The minimum Gasteiger partial charge on any atom is -0.405 e. The first-order valence-corrected chi connectivity index (χ1v) is 9.43. The number of nitrogens with one attached hydrogen (secondary N) is 1. The first kappa shape index (κ1) is 18.8. The topological polar surface area (TPSA) is 84.8 Å². The Kier molecular flexibility index (Phi) is 5.92. The van der Waals surface area contributed by atoms with Gasteiger partial charge in [0.05, 0.1) is 19.4 Å². The van der Waals surface area contributed by atoms with E-state index >= 15 is 0 Å². The lowest BCUT2D eigenvalue weighted by Crippen LogP contribution is -2.36. The summed E-state index contributed by atoms with van der Waals surface area (Å²) in [5.74, 6) is 1.72. The molecule has 0 saturated carbocycles. The van der Waals surface area contributed by atoms with Crippen molar-refractivity contribution in [2.24, 2.45) is 5.10 Å². The van der Waals surface area contributed by atoms with Crippen LogP contribution in [0.1, 0.15) is 11.1 Å². The molecule has 3 aromatic rings. The lowest BCUT2D eigenvalue weighted by Gasteiger charge is -2.28. The number of hydrogen-bond acceptors (Lipinski definition) is 8. The molecule has 1 N–H and O–H groups in total. The summed E-state index contributed by atoms with van der Waals surface area (Å²) in [6.07, 6.45) is 3.41. The van der Waals surface area contributed by atoms with Crippen LogP contribution in [-0.2, 0) is 4.74 Å². The quantitative estimate of drug-likeness (QED) is 0.511. The van der Waals surface area contributed by atoms with Crippen molar-refractivity contribution in [2.75, 3.05) is 36.6 Å². The standard InChI is InChI=1S/C21H22N6O2/c1-16-5-4-6-17(13-16)15-23-26-18-14-19(27-9-11-28-12-10-27)25-21(24-18)29-20-7-2-3-8-22-20/h2-8,13-15H,9-12H2,1H3,(H,24,25,26). The average molecular weight is 390 g/mol. The molecular weight excluding hydrogens is 368 g/mol. The second-order valence-electron chi connectivity index (χ2n) is 6.55. The number of aromatic nitrogens is 3. The molecule has 0 amide bonds. The van der Waals surface area contributed by atoms with Crippen molar-refractivity contribution in [3.05, 3.63) is 65.9 Å². The smallest absolute Gasteiger partial charge is 0.327 e. The number of morpholine rings is 1. The molecule has 1 aliphatic heterocycles. The summed E-state index contributed by atoms with van der Waals surface area (Å²) in [6.45, 7) is 4.88. The Morgan fingerprint density at radius 3 is 2.79 bits per heavy atom. The van der Waals surface area contributed by atoms with E-state index in [1.807, 2.05) is 43.3 Å². The summed E-state index contributed by atoms with van der Waals surface area (Å²) >= 11 is 0. The molecule has 0 aliphatic carbocycles. The summed E-state index contributed by atoms with van der Waals surface area (Å²) in [5, 5.41) is 4.31. The predicted octanol–water partition coefficient (Wildman–Crippen LogP) is 3.25. The molecule has 29 heavy (non-hydrogen) atoms. The van der Waals surface area contributed by atoms with Crippen LogP contribution in [-0.4, -0.2) is 47.5 Å². The molecule has 4 rings (SSSR count). The first-order chi connectivity index (χ1) is 14.3. The minimum atomic E-state index is 0.209. The highest BCUT2D eigenvalue weighted by molar-refractivity contribution is 5.80. The molecule has 3 heterocycles. The largest absolute Gasteiger partial charge is 0.405 e. The maximum absolute atomic E-state index is 5.75. The number of ether oxygens (including phenoxy) is 2. The minimum absolute atomic E-state index is 0.209. The third-order valence-corrected chi connectivity index (χ3v) is 4.30. The fraction of sp³-hybridized carbons (Fsp3) is 0.238. The molecule has 0 bridgehead atoms. The number of aryl methyl sites for hydroxylation is 1. The van der Waals surface area contributed by atoms with Gasteiger partial charge in [0.15, 0.2) is 5.82 Å². The van der Waals surface area contributed by atoms with E-state index in [1.54, 1.807) is 18.5 Å². The molecular formula is C21H22N6O2. The third kappa shape index (κ3) is 5.26. The number of hydrogen-bond donors (Lipinski definition) is 1. The van der Waals surface area contributed by atoms with Gasteiger partial charge in [0.2, 0.25) is 5.88 Å². The second-order valence-corrected chi connectivity index (χ2v) is 6.55. The lowest BCUT2D eigenvalue weighted by atomic mass is 10.2. The Bertz CT molecular complexity index is 974. The van der Waals surface area contributed by atoms with Crippen molar-refractivity contribution in [2.45, 2.75) is 6.92 Å². The van der Waals surface area contributed by atoms with Gasteiger partial charge in [-0.05, 0) is 18.6 Å². The Hall–Kier alpha value is -3.52. The zero-order valence-corrected chi connectivity index (χ0v) is 16.2. The molecule has 0 radical (unpaired) electrons. The summed E-state index contributed by atoms with van der Waals surface area (Å²) in [7, 11) is 0. The van der Waals surface area contributed by atoms with Crippen LogP contribution in [0.3, 0.4) is 0 Å². The molecule has 0 spiro atoms. The summed E-state index contributed by atoms with van der Waals surface area (Å²) in [4.78, 5) is 15.3. The Balaban J connectivity index is 1.56. The van der Waals surface area contributed by atoms with Crippen molar-refractivity contribution >= 4 is 17.9 Å². The van der Waals surface area contributed by atoms with Crippen molar-refractivity contribution in [1.29, 1.82) is 0 Å². The highest BCUT2D eigenvalue weighted by atomic mass is 16.5. The maximum Gasteiger partial charge on any atom is 0.327 e. The molecule has 148 valence electrons. The molecule has 1 saturated heterocycles. The number of pyridine rings is 1. The molecule has 0 unspecified atom stereocenters. The Morgan fingerprint density at radius 1 is 1.10 bits per heavy atom. The monoisotopic (exact) mass is 390 g/mol. The first-order valence-electron chi connectivity index (χ1n) is 9.43.